The van der Waals surface area contributed by atoms with Crippen molar-refractivity contribution in [2.24, 2.45) is 0 Å². The predicted octanol–water partition coefficient (Wildman–Crippen LogP) is 3.23. The second-order valence-corrected chi connectivity index (χ2v) is 8.38. The lowest BCUT2D eigenvalue weighted by molar-refractivity contribution is -0.238. The Kier molecular flexibility index (Phi) is 3.95. The van der Waals surface area contributed by atoms with Crippen LogP contribution in [0.25, 0.3) is 0 Å². The number of benzene rings is 2. The molecular formula is C22H20ClNO5. The highest BCUT2D eigenvalue weighted by molar-refractivity contribution is 6.32. The predicted molar refractivity (Wildman–Crippen MR) is 104 cm³/mol. The molecule has 3 aliphatic rings. The third-order valence-electron chi connectivity index (χ3n) is 6.69. The van der Waals surface area contributed by atoms with Gasteiger partial charge in [-0.1, -0.05) is 48.4 Å². The summed E-state index contributed by atoms with van der Waals surface area (Å²) < 4.78 is 11.5. The number of aromatic hydroxyl groups is 1. The summed E-state index contributed by atoms with van der Waals surface area (Å²) in [6.45, 7) is 0. The molecule has 1 N–H and O–H groups in total. The average Bonchev–Trinajstić information content (AvgIpc) is 2.72. The summed E-state index contributed by atoms with van der Waals surface area (Å²) in [5.41, 5.74) is 0.575. The number of halogens is 1. The first-order valence-corrected chi connectivity index (χ1v) is 10.0. The van der Waals surface area contributed by atoms with Crippen molar-refractivity contribution in [2.45, 2.75) is 43.1 Å². The van der Waals surface area contributed by atoms with Crippen LogP contribution in [0.5, 0.6) is 5.75 Å². The molecule has 2 aromatic rings. The van der Waals surface area contributed by atoms with E-state index in [1.807, 2.05) is 35.2 Å². The minimum atomic E-state index is -1.30. The summed E-state index contributed by atoms with van der Waals surface area (Å²) in [5.74, 6) is -2.12. The highest BCUT2D eigenvalue weighted by Gasteiger charge is 2.67. The van der Waals surface area contributed by atoms with Gasteiger partial charge in [0.2, 0.25) is 5.72 Å². The number of carbonyl (C=O) groups excluding carboxylic acids is 2. The smallest absolute Gasteiger partial charge is 0.419 e. The van der Waals surface area contributed by atoms with Crippen LogP contribution >= 0.6 is 11.6 Å². The lowest BCUT2D eigenvalue weighted by atomic mass is 9.55. The summed E-state index contributed by atoms with van der Waals surface area (Å²) in [6, 6.07) is 13.1. The lowest BCUT2D eigenvalue weighted by Gasteiger charge is -2.60. The van der Waals surface area contributed by atoms with Crippen LogP contribution in [0.3, 0.4) is 0 Å². The van der Waals surface area contributed by atoms with Crippen LogP contribution in [0.1, 0.15) is 36.0 Å². The largest absolute Gasteiger partial charge is 0.506 e. The van der Waals surface area contributed by atoms with E-state index in [4.69, 9.17) is 21.1 Å². The van der Waals surface area contributed by atoms with Crippen molar-refractivity contribution in [3.8, 4) is 5.75 Å². The third kappa shape index (κ3) is 2.33. The van der Waals surface area contributed by atoms with Crippen molar-refractivity contribution < 1.29 is 24.2 Å². The maximum absolute atomic E-state index is 12.7. The van der Waals surface area contributed by atoms with Gasteiger partial charge >= 0.3 is 11.9 Å². The van der Waals surface area contributed by atoms with E-state index in [2.05, 4.69) is 0 Å². The van der Waals surface area contributed by atoms with Gasteiger partial charge in [-0.15, -0.1) is 0 Å². The minimum Gasteiger partial charge on any atom is -0.506 e. The van der Waals surface area contributed by atoms with Gasteiger partial charge in [0, 0.05) is 12.0 Å². The molecule has 0 radical (unpaired) electrons. The number of esters is 2. The summed E-state index contributed by atoms with van der Waals surface area (Å²) in [5, 5.41) is 10.6. The van der Waals surface area contributed by atoms with Gasteiger partial charge in [-0.2, -0.15) is 0 Å². The molecule has 2 heterocycles. The average molecular weight is 414 g/mol. The van der Waals surface area contributed by atoms with Crippen LogP contribution in [0.2, 0.25) is 5.02 Å². The molecule has 2 bridgehead atoms. The van der Waals surface area contributed by atoms with Crippen molar-refractivity contribution in [3.63, 3.8) is 0 Å². The fraction of sp³-hybridized carbons (Fsp3) is 0.364. The van der Waals surface area contributed by atoms with Gasteiger partial charge < -0.3 is 14.6 Å². The molecular weight excluding hydrogens is 394 g/mol. The molecule has 0 spiro atoms. The van der Waals surface area contributed by atoms with Crippen LogP contribution in [0.4, 0.5) is 0 Å². The number of phenolic OH excluding ortho intramolecular Hbond substituents is 1. The fourth-order valence-corrected chi connectivity index (χ4v) is 5.39. The van der Waals surface area contributed by atoms with E-state index in [-0.39, 0.29) is 10.8 Å². The molecule has 2 fully saturated rings. The molecule has 5 rings (SSSR count). The van der Waals surface area contributed by atoms with E-state index in [9.17, 15) is 14.7 Å². The van der Waals surface area contributed by atoms with Crippen molar-refractivity contribution in [2.75, 3.05) is 7.05 Å². The van der Waals surface area contributed by atoms with E-state index in [0.29, 0.717) is 12.0 Å². The summed E-state index contributed by atoms with van der Waals surface area (Å²) in [4.78, 5) is 26.8. The first-order chi connectivity index (χ1) is 13.9. The number of hydrogen-bond acceptors (Lipinski definition) is 6. The van der Waals surface area contributed by atoms with Crippen LogP contribution in [0, 0.1) is 0 Å². The van der Waals surface area contributed by atoms with Crippen LogP contribution in [0.15, 0.2) is 42.5 Å². The molecule has 1 saturated heterocycles. The van der Waals surface area contributed by atoms with Gasteiger partial charge in [0.1, 0.15) is 5.75 Å². The van der Waals surface area contributed by atoms with Crippen molar-refractivity contribution in [1.82, 2.24) is 4.90 Å². The van der Waals surface area contributed by atoms with Crippen LogP contribution < -0.4 is 0 Å². The van der Waals surface area contributed by atoms with E-state index in [0.717, 1.165) is 30.4 Å². The Labute approximate surface area is 173 Å². The van der Waals surface area contributed by atoms with Crippen molar-refractivity contribution >= 4 is 23.5 Å². The number of fused-ring (bicyclic) bond motifs is 4. The summed E-state index contributed by atoms with van der Waals surface area (Å²) in [7, 11) is 1.80. The number of ether oxygens (including phenoxy) is 2. The number of carbonyl (C=O) groups is 2. The quantitative estimate of drug-likeness (QED) is 0.601. The number of phenols is 1. The molecule has 29 heavy (non-hydrogen) atoms. The second kappa shape index (κ2) is 6.21. The van der Waals surface area contributed by atoms with Gasteiger partial charge in [-0.05, 0) is 43.1 Å². The monoisotopic (exact) mass is 413 g/mol. The van der Waals surface area contributed by atoms with Crippen molar-refractivity contribution in [3.05, 3.63) is 64.2 Å². The normalized spacial score (nSPS) is 27.9. The van der Waals surface area contributed by atoms with Crippen LogP contribution in [-0.4, -0.2) is 35.2 Å². The maximum Gasteiger partial charge on any atom is 0.419 e. The topological polar surface area (TPSA) is 76.1 Å². The molecule has 2 aliphatic heterocycles. The molecule has 2 atom stereocenters. The highest BCUT2D eigenvalue weighted by Crippen LogP contribution is 2.61. The van der Waals surface area contributed by atoms with E-state index >= 15 is 0 Å². The van der Waals surface area contributed by atoms with Gasteiger partial charge in [0.05, 0.1) is 10.4 Å². The summed E-state index contributed by atoms with van der Waals surface area (Å²) >= 11 is 6.18. The fourth-order valence-electron chi connectivity index (χ4n) is 5.20. The SMILES string of the molecule is CN1C2Cc3cc(Cl)c(O)cc3C1(C1(c3ccccc3)CCC1)OC(=O)C(=O)O2. The first kappa shape index (κ1) is 18.5. The number of rotatable bonds is 2. The van der Waals surface area contributed by atoms with Gasteiger partial charge in [-0.3, -0.25) is 0 Å². The lowest BCUT2D eigenvalue weighted by Crippen LogP contribution is -2.67. The minimum absolute atomic E-state index is 0.0910. The number of likely N-dealkylation sites (N-methyl/N-ethyl adjacent to an activating group) is 1. The molecule has 1 saturated carbocycles. The molecule has 6 nitrogen and oxygen atoms in total. The van der Waals surface area contributed by atoms with E-state index in [1.54, 1.807) is 19.2 Å². The Morgan fingerprint density at radius 1 is 1.14 bits per heavy atom. The second-order valence-electron chi connectivity index (χ2n) is 7.97. The molecule has 0 aromatic heterocycles. The Hall–Kier alpha value is -2.57. The van der Waals surface area contributed by atoms with Gasteiger partial charge in [0.25, 0.3) is 0 Å². The zero-order chi connectivity index (χ0) is 20.4. The number of hydrogen-bond donors (Lipinski definition) is 1. The van der Waals surface area contributed by atoms with Crippen LogP contribution in [-0.2, 0) is 36.6 Å². The zero-order valence-corrected chi connectivity index (χ0v) is 16.6. The van der Waals surface area contributed by atoms with E-state index in [1.165, 1.54) is 0 Å². The molecule has 7 heteroatoms. The Morgan fingerprint density at radius 2 is 1.86 bits per heavy atom. The third-order valence-corrected chi connectivity index (χ3v) is 7.00. The Bertz CT molecular complexity index is 1020. The Morgan fingerprint density at radius 3 is 2.52 bits per heavy atom. The molecule has 1 aliphatic carbocycles. The molecule has 0 amide bonds. The maximum atomic E-state index is 12.7. The molecule has 2 aromatic carbocycles. The molecule has 150 valence electrons. The molecule has 2 unspecified atom stereocenters. The zero-order valence-electron chi connectivity index (χ0n) is 15.9. The highest BCUT2D eigenvalue weighted by atomic mass is 35.5. The van der Waals surface area contributed by atoms with Gasteiger partial charge in [-0.25, -0.2) is 14.5 Å². The number of nitrogens with zero attached hydrogens (tertiary/aromatic N) is 1. The van der Waals surface area contributed by atoms with E-state index < -0.39 is 29.3 Å². The first-order valence-electron chi connectivity index (χ1n) is 9.63. The van der Waals surface area contributed by atoms with Gasteiger partial charge in [0.15, 0.2) is 6.23 Å². The standard InChI is InChI=1S/C22H20ClNO5/c1-24-18-11-13-10-16(23)17(25)12-15(13)22(24,29-20(27)19(26)28-18)21(8-5-9-21)14-6-3-2-4-7-14/h2-4,6-7,10,12,18,25H,5,8-9,11H2,1H3. The Balaban J connectivity index is 1.84. The summed E-state index contributed by atoms with van der Waals surface area (Å²) in [6.07, 6.45) is 2.15. The van der Waals surface area contributed by atoms with Crippen molar-refractivity contribution in [1.29, 1.82) is 0 Å².